The van der Waals surface area contributed by atoms with Gasteiger partial charge in [0.1, 0.15) is 0 Å². The molecule has 1 N–H and O–H groups in total. The molecule has 0 spiro atoms. The smallest absolute Gasteiger partial charge is 0.0594 e. The lowest BCUT2D eigenvalue weighted by molar-refractivity contribution is 0.0452. The van der Waals surface area contributed by atoms with E-state index in [-0.39, 0.29) is 0 Å². The molecule has 1 aliphatic rings. The van der Waals surface area contributed by atoms with E-state index in [0.29, 0.717) is 6.10 Å². The van der Waals surface area contributed by atoms with Crippen LogP contribution in [0.15, 0.2) is 0 Å². The van der Waals surface area contributed by atoms with Crippen LogP contribution in [0.2, 0.25) is 0 Å². The van der Waals surface area contributed by atoms with Crippen molar-refractivity contribution in [2.45, 2.75) is 71.3 Å². The van der Waals surface area contributed by atoms with Crippen molar-refractivity contribution in [1.29, 1.82) is 0 Å². The van der Waals surface area contributed by atoms with Crippen molar-refractivity contribution < 1.29 is 4.74 Å². The Morgan fingerprint density at radius 1 is 1.06 bits per heavy atom. The van der Waals surface area contributed by atoms with Crippen LogP contribution < -0.4 is 5.32 Å². The molecule has 2 heteroatoms. The van der Waals surface area contributed by atoms with Gasteiger partial charge in [-0.15, -0.1) is 0 Å². The fraction of sp³-hybridized carbons (Fsp3) is 1.00. The lowest BCUT2D eigenvalue weighted by Crippen LogP contribution is -2.24. The standard InChI is InChI=1S/C15H31NO/c1-14(2)8-7-11-16-12-13-17-15-9-5-3-4-6-10-15/h14-16H,3-13H2,1-2H3. The van der Waals surface area contributed by atoms with Crippen LogP contribution in [0.4, 0.5) is 0 Å². The van der Waals surface area contributed by atoms with Crippen LogP contribution in [-0.4, -0.2) is 25.8 Å². The van der Waals surface area contributed by atoms with Crippen LogP contribution in [0, 0.1) is 5.92 Å². The Balaban J connectivity index is 1.86. The molecule has 0 bridgehead atoms. The summed E-state index contributed by atoms with van der Waals surface area (Å²) in [4.78, 5) is 0. The molecule has 0 heterocycles. The Morgan fingerprint density at radius 2 is 1.76 bits per heavy atom. The third-order valence-electron chi connectivity index (χ3n) is 3.57. The Hall–Kier alpha value is -0.0800. The molecule has 1 rings (SSSR count). The van der Waals surface area contributed by atoms with Gasteiger partial charge in [0.25, 0.3) is 0 Å². The van der Waals surface area contributed by atoms with Gasteiger partial charge >= 0.3 is 0 Å². The molecule has 2 nitrogen and oxygen atoms in total. The molecule has 0 aromatic rings. The Morgan fingerprint density at radius 3 is 2.41 bits per heavy atom. The fourth-order valence-corrected chi connectivity index (χ4v) is 2.47. The lowest BCUT2D eigenvalue weighted by atomic mass is 10.1. The minimum Gasteiger partial charge on any atom is -0.377 e. The summed E-state index contributed by atoms with van der Waals surface area (Å²) in [7, 11) is 0. The first-order chi connectivity index (χ1) is 8.29. The van der Waals surface area contributed by atoms with E-state index in [1.165, 1.54) is 51.4 Å². The van der Waals surface area contributed by atoms with Crippen LogP contribution in [0.5, 0.6) is 0 Å². The zero-order valence-corrected chi connectivity index (χ0v) is 11.8. The van der Waals surface area contributed by atoms with Gasteiger partial charge in [0.05, 0.1) is 12.7 Å². The van der Waals surface area contributed by atoms with E-state index in [1.807, 2.05) is 0 Å². The summed E-state index contributed by atoms with van der Waals surface area (Å²) in [6, 6.07) is 0. The number of hydrogen-bond acceptors (Lipinski definition) is 2. The highest BCUT2D eigenvalue weighted by atomic mass is 16.5. The van der Waals surface area contributed by atoms with Crippen molar-refractivity contribution in [3.63, 3.8) is 0 Å². The van der Waals surface area contributed by atoms with E-state index in [0.717, 1.165) is 25.6 Å². The maximum Gasteiger partial charge on any atom is 0.0594 e. The van der Waals surface area contributed by atoms with Gasteiger partial charge in [-0.25, -0.2) is 0 Å². The highest BCUT2D eigenvalue weighted by Gasteiger charge is 2.11. The van der Waals surface area contributed by atoms with E-state index < -0.39 is 0 Å². The van der Waals surface area contributed by atoms with E-state index in [9.17, 15) is 0 Å². The summed E-state index contributed by atoms with van der Waals surface area (Å²) in [5.74, 6) is 0.832. The molecule has 0 radical (unpaired) electrons. The molecule has 17 heavy (non-hydrogen) atoms. The van der Waals surface area contributed by atoms with Gasteiger partial charge in [0, 0.05) is 6.54 Å². The summed E-state index contributed by atoms with van der Waals surface area (Å²) in [6.45, 7) is 7.64. The average Bonchev–Trinajstić information content (AvgIpc) is 2.56. The first kappa shape index (κ1) is 15.0. The van der Waals surface area contributed by atoms with Gasteiger partial charge in [-0.1, -0.05) is 39.5 Å². The molecular formula is C15H31NO. The van der Waals surface area contributed by atoms with Gasteiger partial charge < -0.3 is 10.1 Å². The van der Waals surface area contributed by atoms with Gasteiger partial charge in [-0.2, -0.15) is 0 Å². The number of rotatable bonds is 8. The van der Waals surface area contributed by atoms with Crippen molar-refractivity contribution >= 4 is 0 Å². The van der Waals surface area contributed by atoms with E-state index in [1.54, 1.807) is 0 Å². The molecule has 0 amide bonds. The predicted molar refractivity (Wildman–Crippen MR) is 74.4 cm³/mol. The number of ether oxygens (including phenoxy) is 1. The number of nitrogens with one attached hydrogen (secondary N) is 1. The van der Waals surface area contributed by atoms with Crippen molar-refractivity contribution in [1.82, 2.24) is 5.32 Å². The highest BCUT2D eigenvalue weighted by molar-refractivity contribution is 4.64. The molecule has 1 aliphatic carbocycles. The Kier molecular flexibility index (Phi) is 8.72. The van der Waals surface area contributed by atoms with Crippen LogP contribution in [0.1, 0.15) is 65.2 Å². The Bertz CT molecular complexity index is 162. The van der Waals surface area contributed by atoms with Crippen LogP contribution >= 0.6 is 0 Å². The normalized spacial score (nSPS) is 18.5. The summed E-state index contributed by atoms with van der Waals surface area (Å²) in [5.41, 5.74) is 0. The molecule has 0 saturated heterocycles. The van der Waals surface area contributed by atoms with Gasteiger partial charge in [-0.05, 0) is 38.1 Å². The van der Waals surface area contributed by atoms with Gasteiger partial charge in [0.15, 0.2) is 0 Å². The van der Waals surface area contributed by atoms with Crippen molar-refractivity contribution in [3.05, 3.63) is 0 Å². The maximum absolute atomic E-state index is 5.93. The second-order valence-electron chi connectivity index (χ2n) is 5.77. The summed E-state index contributed by atoms with van der Waals surface area (Å²) < 4.78 is 5.93. The second-order valence-corrected chi connectivity index (χ2v) is 5.77. The molecule has 102 valence electrons. The third-order valence-corrected chi connectivity index (χ3v) is 3.57. The highest BCUT2D eigenvalue weighted by Crippen LogP contribution is 2.19. The quantitative estimate of drug-likeness (QED) is 0.516. The molecule has 0 aliphatic heterocycles. The van der Waals surface area contributed by atoms with Gasteiger partial charge in [-0.3, -0.25) is 0 Å². The van der Waals surface area contributed by atoms with Gasteiger partial charge in [0.2, 0.25) is 0 Å². The molecule has 1 fully saturated rings. The van der Waals surface area contributed by atoms with Crippen LogP contribution in [-0.2, 0) is 4.74 Å². The zero-order chi connectivity index (χ0) is 12.3. The van der Waals surface area contributed by atoms with Crippen molar-refractivity contribution in [2.75, 3.05) is 19.7 Å². The predicted octanol–water partition coefficient (Wildman–Crippen LogP) is 3.75. The van der Waals surface area contributed by atoms with Crippen LogP contribution in [0.3, 0.4) is 0 Å². The first-order valence-corrected chi connectivity index (χ1v) is 7.61. The maximum atomic E-state index is 5.93. The zero-order valence-electron chi connectivity index (χ0n) is 11.8. The largest absolute Gasteiger partial charge is 0.377 e. The molecule has 0 atom stereocenters. The molecule has 0 aromatic heterocycles. The fourth-order valence-electron chi connectivity index (χ4n) is 2.47. The molecular weight excluding hydrogens is 210 g/mol. The minimum atomic E-state index is 0.551. The van der Waals surface area contributed by atoms with E-state index in [2.05, 4.69) is 19.2 Å². The summed E-state index contributed by atoms with van der Waals surface area (Å²) >= 11 is 0. The third kappa shape index (κ3) is 8.62. The average molecular weight is 241 g/mol. The molecule has 1 saturated carbocycles. The number of hydrogen-bond donors (Lipinski definition) is 1. The minimum absolute atomic E-state index is 0.551. The monoisotopic (exact) mass is 241 g/mol. The SMILES string of the molecule is CC(C)CCCNCCOC1CCCCCC1. The summed E-state index contributed by atoms with van der Waals surface area (Å²) in [5, 5.41) is 3.47. The summed E-state index contributed by atoms with van der Waals surface area (Å²) in [6.07, 6.45) is 11.3. The van der Waals surface area contributed by atoms with Crippen LogP contribution in [0.25, 0.3) is 0 Å². The first-order valence-electron chi connectivity index (χ1n) is 7.61. The molecule has 0 aromatic carbocycles. The lowest BCUT2D eigenvalue weighted by Gasteiger charge is -2.15. The Labute approximate surface area is 108 Å². The van der Waals surface area contributed by atoms with Crippen molar-refractivity contribution in [3.8, 4) is 0 Å². The second kappa shape index (κ2) is 9.90. The molecule has 0 unspecified atom stereocenters. The van der Waals surface area contributed by atoms with E-state index in [4.69, 9.17) is 4.74 Å². The van der Waals surface area contributed by atoms with Crippen molar-refractivity contribution in [2.24, 2.45) is 5.92 Å². The van der Waals surface area contributed by atoms with E-state index >= 15 is 0 Å². The topological polar surface area (TPSA) is 21.3 Å².